The highest BCUT2D eigenvalue weighted by atomic mass is 16.5. The maximum absolute atomic E-state index is 12.7. The second-order valence-electron chi connectivity index (χ2n) is 5.93. The average Bonchev–Trinajstić information content (AvgIpc) is 2.96. The fourth-order valence-electron chi connectivity index (χ4n) is 2.85. The van der Waals surface area contributed by atoms with E-state index < -0.39 is 0 Å². The minimum absolute atomic E-state index is 0.0263. The predicted octanol–water partition coefficient (Wildman–Crippen LogP) is 3.52. The zero-order valence-corrected chi connectivity index (χ0v) is 12.5. The van der Waals surface area contributed by atoms with Crippen LogP contribution in [0.3, 0.4) is 0 Å². The third-order valence-electron chi connectivity index (χ3n) is 4.06. The molecule has 3 rings (SSSR count). The first-order valence-electron chi connectivity index (χ1n) is 7.46. The number of carbonyl (C=O) groups is 1. The maximum atomic E-state index is 12.7. The molecule has 0 aliphatic carbocycles. The van der Waals surface area contributed by atoms with E-state index >= 15 is 0 Å². The number of hydrogen-bond acceptors (Lipinski definition) is 3. The Morgan fingerprint density at radius 2 is 2.10 bits per heavy atom. The largest absolute Gasteiger partial charge is 0.355 e. The molecule has 1 fully saturated rings. The predicted molar refractivity (Wildman–Crippen MR) is 81.0 cm³/mol. The quantitative estimate of drug-likeness (QED) is 0.847. The number of piperidine rings is 1. The summed E-state index contributed by atoms with van der Waals surface area (Å²) in [6.45, 7) is 5.86. The Kier molecular flexibility index (Phi) is 3.78. The van der Waals surface area contributed by atoms with E-state index in [4.69, 9.17) is 4.52 Å². The van der Waals surface area contributed by atoms with Crippen molar-refractivity contribution < 1.29 is 9.32 Å². The molecule has 4 nitrogen and oxygen atoms in total. The summed E-state index contributed by atoms with van der Waals surface area (Å²) in [5.41, 5.74) is 2.63. The lowest BCUT2D eigenvalue weighted by Gasteiger charge is -2.30. The molecule has 4 heteroatoms. The molecule has 0 N–H and O–H groups in total. The number of hydrogen-bond donors (Lipinski definition) is 0. The Morgan fingerprint density at radius 1 is 1.33 bits per heavy atom. The number of amides is 1. The summed E-state index contributed by atoms with van der Waals surface area (Å²) in [7, 11) is 0. The van der Waals surface area contributed by atoms with Crippen molar-refractivity contribution in [1.29, 1.82) is 0 Å². The molecular weight excluding hydrogens is 264 g/mol. The molecule has 0 spiro atoms. The Labute approximate surface area is 124 Å². The van der Waals surface area contributed by atoms with E-state index in [1.807, 2.05) is 36.1 Å². The number of likely N-dealkylation sites (tertiary alicyclic amines) is 1. The SMILES string of the molecule is Cc1ccc(-c2oncc2C(=O)N2CCCC(C)C2)cc1. The molecule has 0 bridgehead atoms. The van der Waals surface area contributed by atoms with Gasteiger partial charge in [-0.2, -0.15) is 0 Å². The van der Waals surface area contributed by atoms with Crippen LogP contribution in [0.2, 0.25) is 0 Å². The molecular formula is C17H20N2O2. The van der Waals surface area contributed by atoms with Gasteiger partial charge in [0.2, 0.25) is 0 Å². The van der Waals surface area contributed by atoms with E-state index in [1.54, 1.807) is 0 Å². The lowest BCUT2D eigenvalue weighted by atomic mass is 9.99. The fourth-order valence-corrected chi connectivity index (χ4v) is 2.85. The van der Waals surface area contributed by atoms with E-state index in [-0.39, 0.29) is 5.91 Å². The summed E-state index contributed by atoms with van der Waals surface area (Å²) in [5, 5.41) is 3.83. The summed E-state index contributed by atoms with van der Waals surface area (Å²) >= 11 is 0. The molecule has 0 radical (unpaired) electrons. The molecule has 1 aliphatic heterocycles. The van der Waals surface area contributed by atoms with Crippen LogP contribution in [0.4, 0.5) is 0 Å². The highest BCUT2D eigenvalue weighted by molar-refractivity contribution is 5.99. The first-order valence-corrected chi connectivity index (χ1v) is 7.46. The van der Waals surface area contributed by atoms with E-state index in [2.05, 4.69) is 12.1 Å². The molecule has 21 heavy (non-hydrogen) atoms. The van der Waals surface area contributed by atoms with Crippen LogP contribution in [0.5, 0.6) is 0 Å². The van der Waals surface area contributed by atoms with Crippen molar-refractivity contribution >= 4 is 5.91 Å². The van der Waals surface area contributed by atoms with Crippen LogP contribution in [0.1, 0.15) is 35.7 Å². The van der Waals surface area contributed by atoms with Crippen molar-refractivity contribution in [3.05, 3.63) is 41.6 Å². The van der Waals surface area contributed by atoms with Crippen LogP contribution in [-0.4, -0.2) is 29.1 Å². The topological polar surface area (TPSA) is 46.3 Å². The molecule has 110 valence electrons. The molecule has 1 amide bonds. The van der Waals surface area contributed by atoms with Gasteiger partial charge in [-0.05, 0) is 25.7 Å². The van der Waals surface area contributed by atoms with E-state index in [0.717, 1.165) is 25.1 Å². The number of nitrogens with zero attached hydrogens (tertiary/aromatic N) is 2. The van der Waals surface area contributed by atoms with Crippen LogP contribution >= 0.6 is 0 Å². The normalized spacial score (nSPS) is 18.8. The van der Waals surface area contributed by atoms with E-state index in [9.17, 15) is 4.79 Å². The molecule has 2 heterocycles. The summed E-state index contributed by atoms with van der Waals surface area (Å²) in [5.74, 6) is 1.15. The van der Waals surface area contributed by atoms with Crippen molar-refractivity contribution in [2.24, 2.45) is 5.92 Å². The van der Waals surface area contributed by atoms with Gasteiger partial charge < -0.3 is 9.42 Å². The zero-order valence-electron chi connectivity index (χ0n) is 12.5. The molecule has 1 aliphatic rings. The number of rotatable bonds is 2. The fraction of sp³-hybridized carbons (Fsp3) is 0.412. The van der Waals surface area contributed by atoms with Gasteiger partial charge in [-0.25, -0.2) is 0 Å². The standard InChI is InChI=1S/C17H20N2O2/c1-12-5-7-14(8-6-12)16-15(10-18-21-16)17(20)19-9-3-4-13(2)11-19/h5-8,10,13H,3-4,9,11H2,1-2H3. The summed E-state index contributed by atoms with van der Waals surface area (Å²) in [6, 6.07) is 7.95. The summed E-state index contributed by atoms with van der Waals surface area (Å²) in [4.78, 5) is 14.6. The van der Waals surface area contributed by atoms with Gasteiger partial charge in [-0.3, -0.25) is 4.79 Å². The minimum atomic E-state index is 0.0263. The Morgan fingerprint density at radius 3 is 2.81 bits per heavy atom. The van der Waals surface area contributed by atoms with E-state index in [1.165, 1.54) is 18.2 Å². The molecule has 2 aromatic rings. The first-order chi connectivity index (χ1) is 10.1. The zero-order chi connectivity index (χ0) is 14.8. The van der Waals surface area contributed by atoms with Crippen LogP contribution in [0, 0.1) is 12.8 Å². The highest BCUT2D eigenvalue weighted by Crippen LogP contribution is 2.26. The Hall–Kier alpha value is -2.10. The number of carbonyl (C=O) groups excluding carboxylic acids is 1. The first kappa shape index (κ1) is 13.9. The lowest BCUT2D eigenvalue weighted by molar-refractivity contribution is 0.0683. The second-order valence-corrected chi connectivity index (χ2v) is 5.93. The van der Waals surface area contributed by atoms with Gasteiger partial charge in [0.15, 0.2) is 5.76 Å². The average molecular weight is 284 g/mol. The van der Waals surface area contributed by atoms with Crippen molar-refractivity contribution in [3.8, 4) is 11.3 Å². The van der Waals surface area contributed by atoms with Crippen molar-refractivity contribution in [2.75, 3.05) is 13.1 Å². The van der Waals surface area contributed by atoms with Crippen molar-refractivity contribution in [3.63, 3.8) is 0 Å². The van der Waals surface area contributed by atoms with Gasteiger partial charge in [-0.1, -0.05) is 41.9 Å². The number of aromatic nitrogens is 1. The maximum Gasteiger partial charge on any atom is 0.259 e. The van der Waals surface area contributed by atoms with Gasteiger partial charge in [0.1, 0.15) is 5.56 Å². The van der Waals surface area contributed by atoms with Gasteiger partial charge >= 0.3 is 0 Å². The monoisotopic (exact) mass is 284 g/mol. The van der Waals surface area contributed by atoms with Gasteiger partial charge in [0.25, 0.3) is 5.91 Å². The van der Waals surface area contributed by atoms with Crippen LogP contribution < -0.4 is 0 Å². The summed E-state index contributed by atoms with van der Waals surface area (Å²) < 4.78 is 5.33. The number of aryl methyl sites for hydroxylation is 1. The highest BCUT2D eigenvalue weighted by Gasteiger charge is 2.26. The third-order valence-corrected chi connectivity index (χ3v) is 4.06. The van der Waals surface area contributed by atoms with Gasteiger partial charge in [0, 0.05) is 18.7 Å². The second kappa shape index (κ2) is 5.72. The van der Waals surface area contributed by atoms with Crippen molar-refractivity contribution in [2.45, 2.75) is 26.7 Å². The lowest BCUT2D eigenvalue weighted by Crippen LogP contribution is -2.39. The molecule has 1 unspecified atom stereocenters. The van der Waals surface area contributed by atoms with Crippen molar-refractivity contribution in [1.82, 2.24) is 10.1 Å². The molecule has 1 aromatic carbocycles. The van der Waals surface area contributed by atoms with Crippen LogP contribution in [-0.2, 0) is 0 Å². The molecule has 1 atom stereocenters. The number of benzene rings is 1. The Bertz CT molecular complexity index is 630. The van der Waals surface area contributed by atoms with Gasteiger partial charge in [0.05, 0.1) is 6.20 Å². The van der Waals surface area contributed by atoms with E-state index in [0.29, 0.717) is 17.2 Å². The van der Waals surface area contributed by atoms with Crippen LogP contribution in [0.25, 0.3) is 11.3 Å². The molecule has 1 aromatic heterocycles. The van der Waals surface area contributed by atoms with Crippen LogP contribution in [0.15, 0.2) is 35.0 Å². The third kappa shape index (κ3) is 2.84. The smallest absolute Gasteiger partial charge is 0.259 e. The van der Waals surface area contributed by atoms with Gasteiger partial charge in [-0.15, -0.1) is 0 Å². The summed E-state index contributed by atoms with van der Waals surface area (Å²) in [6.07, 6.45) is 3.80. The minimum Gasteiger partial charge on any atom is -0.355 e. The molecule has 0 saturated carbocycles. The Balaban J connectivity index is 1.88. The molecule has 1 saturated heterocycles.